The molecule has 1 rings (SSSR count). The van der Waals surface area contributed by atoms with E-state index in [0.29, 0.717) is 0 Å². The van der Waals surface area contributed by atoms with E-state index >= 15 is 0 Å². The summed E-state index contributed by atoms with van der Waals surface area (Å²) in [5.74, 6) is -2.81. The average Bonchev–Trinajstić information content (AvgIpc) is 2.59. The Balaban J connectivity index is 2.95. The van der Waals surface area contributed by atoms with Crippen LogP contribution in [-0.4, -0.2) is 47.3 Å². The second kappa shape index (κ2) is 11.7. The molecule has 152 valence electrons. The Morgan fingerprint density at radius 1 is 0.750 bits per heavy atom. The summed E-state index contributed by atoms with van der Waals surface area (Å²) in [7, 11) is 0. The van der Waals surface area contributed by atoms with E-state index in [1.54, 1.807) is 0 Å². The molecule has 2 unspecified atom stereocenters. The molecule has 28 heavy (non-hydrogen) atoms. The minimum atomic E-state index is -0.804. The van der Waals surface area contributed by atoms with Gasteiger partial charge in [-0.15, -0.1) is 0 Å². The Bertz CT molecular complexity index is 641. The van der Waals surface area contributed by atoms with E-state index in [-0.39, 0.29) is 50.1 Å². The molecule has 2 atom stereocenters. The molecule has 0 amide bonds. The van der Waals surface area contributed by atoms with Crippen LogP contribution in [0.25, 0.3) is 0 Å². The Morgan fingerprint density at radius 2 is 1.11 bits per heavy atom. The fourth-order valence-corrected chi connectivity index (χ4v) is 2.55. The van der Waals surface area contributed by atoms with Crippen LogP contribution in [0.2, 0.25) is 0 Å². The van der Waals surface area contributed by atoms with E-state index in [4.69, 9.17) is 9.47 Å². The van der Waals surface area contributed by atoms with Crippen LogP contribution in [0.4, 0.5) is 0 Å². The lowest BCUT2D eigenvalue weighted by Gasteiger charge is -2.16. The predicted molar refractivity (Wildman–Crippen MR) is 97.1 cm³/mol. The smallest absolute Gasteiger partial charge is 0.331 e. The molecule has 0 aliphatic carbocycles. The molecular weight excluding hydrogens is 368 g/mol. The molecule has 1 aliphatic rings. The van der Waals surface area contributed by atoms with Gasteiger partial charge in [0, 0.05) is 37.8 Å². The fraction of sp³-hybridized carbons (Fsp3) is 0.500. The van der Waals surface area contributed by atoms with Crippen molar-refractivity contribution >= 4 is 35.1 Å². The van der Waals surface area contributed by atoms with Gasteiger partial charge in [-0.05, 0) is 38.8 Å². The lowest BCUT2D eigenvalue weighted by molar-refractivity contribution is -0.145. The molecule has 0 N–H and O–H groups in total. The Morgan fingerprint density at radius 3 is 1.43 bits per heavy atom. The largest absolute Gasteiger partial charge is 0.459 e. The van der Waals surface area contributed by atoms with Crippen LogP contribution in [0.15, 0.2) is 24.3 Å². The molecular formula is C20H24O8. The number of hydrogen-bond donors (Lipinski definition) is 0. The normalized spacial score (nSPS) is 23.6. The van der Waals surface area contributed by atoms with Crippen LogP contribution >= 0.6 is 0 Å². The minimum Gasteiger partial charge on any atom is -0.459 e. The molecule has 0 aromatic heterocycles. The summed E-state index contributed by atoms with van der Waals surface area (Å²) in [6.07, 6.45) is 2.36. The number of hydrogen-bond acceptors (Lipinski definition) is 8. The summed E-state index contributed by atoms with van der Waals surface area (Å²) < 4.78 is 10.3. The van der Waals surface area contributed by atoms with Crippen LogP contribution in [-0.2, 0) is 38.2 Å². The summed E-state index contributed by atoms with van der Waals surface area (Å²) in [6.45, 7) is 2.67. The Kier molecular flexibility index (Phi) is 9.70. The van der Waals surface area contributed by atoms with Gasteiger partial charge in [0.2, 0.25) is 0 Å². The number of cyclic esters (lactones) is 2. The molecule has 0 spiro atoms. The zero-order valence-electron chi connectivity index (χ0n) is 16.0. The number of carbonyl (C=O) groups excluding carboxylic acids is 6. The summed E-state index contributed by atoms with van der Waals surface area (Å²) >= 11 is 0. The van der Waals surface area contributed by atoms with Crippen molar-refractivity contribution in [3.63, 3.8) is 0 Å². The molecule has 1 heterocycles. The molecule has 0 saturated heterocycles. The van der Waals surface area contributed by atoms with E-state index in [2.05, 4.69) is 0 Å². The maximum atomic E-state index is 11.9. The highest BCUT2D eigenvalue weighted by atomic mass is 16.5. The molecule has 8 heteroatoms. The van der Waals surface area contributed by atoms with E-state index < -0.39 is 35.7 Å². The molecule has 8 nitrogen and oxygen atoms in total. The van der Waals surface area contributed by atoms with Crippen LogP contribution in [0.3, 0.4) is 0 Å². The highest BCUT2D eigenvalue weighted by Gasteiger charge is 2.19. The summed E-state index contributed by atoms with van der Waals surface area (Å²) in [4.78, 5) is 70.2. The number of carbonyl (C=O) groups is 6. The van der Waals surface area contributed by atoms with Crippen molar-refractivity contribution in [2.75, 3.05) is 0 Å². The van der Waals surface area contributed by atoms with E-state index in [1.165, 1.54) is 13.8 Å². The fourth-order valence-electron chi connectivity index (χ4n) is 2.55. The summed E-state index contributed by atoms with van der Waals surface area (Å²) in [5, 5.41) is 0. The van der Waals surface area contributed by atoms with E-state index in [9.17, 15) is 28.8 Å². The van der Waals surface area contributed by atoms with Crippen LogP contribution in [0.5, 0.6) is 0 Å². The monoisotopic (exact) mass is 392 g/mol. The average molecular weight is 392 g/mol. The van der Waals surface area contributed by atoms with Crippen molar-refractivity contribution in [2.24, 2.45) is 0 Å². The Hall–Kier alpha value is -2.90. The number of ether oxygens (including phenoxy) is 2. The first kappa shape index (κ1) is 23.1. The first-order valence-corrected chi connectivity index (χ1v) is 8.97. The van der Waals surface area contributed by atoms with Gasteiger partial charge in [-0.25, -0.2) is 9.59 Å². The van der Waals surface area contributed by atoms with Crippen molar-refractivity contribution < 1.29 is 38.2 Å². The van der Waals surface area contributed by atoms with Crippen molar-refractivity contribution in [2.45, 2.75) is 64.6 Å². The van der Waals surface area contributed by atoms with Crippen molar-refractivity contribution in [1.82, 2.24) is 0 Å². The van der Waals surface area contributed by atoms with Gasteiger partial charge in [-0.3, -0.25) is 19.2 Å². The van der Waals surface area contributed by atoms with Crippen LogP contribution in [0, 0.1) is 0 Å². The first-order valence-electron chi connectivity index (χ1n) is 8.97. The topological polar surface area (TPSA) is 121 Å². The van der Waals surface area contributed by atoms with Crippen LogP contribution < -0.4 is 0 Å². The van der Waals surface area contributed by atoms with Crippen molar-refractivity contribution in [1.29, 1.82) is 0 Å². The predicted octanol–water partition coefficient (Wildman–Crippen LogP) is 1.59. The van der Waals surface area contributed by atoms with Gasteiger partial charge in [0.1, 0.15) is 23.8 Å². The molecule has 0 aromatic carbocycles. The summed E-state index contributed by atoms with van der Waals surface area (Å²) in [6, 6.07) is 0. The van der Waals surface area contributed by atoms with Gasteiger partial charge < -0.3 is 9.47 Å². The highest BCUT2D eigenvalue weighted by Crippen LogP contribution is 2.12. The second-order valence-electron chi connectivity index (χ2n) is 6.61. The molecule has 0 saturated carbocycles. The number of esters is 2. The van der Waals surface area contributed by atoms with Gasteiger partial charge in [0.15, 0.2) is 11.6 Å². The molecule has 0 aromatic rings. The zero-order valence-corrected chi connectivity index (χ0v) is 16.0. The third-order valence-electron chi connectivity index (χ3n) is 3.83. The maximum Gasteiger partial charge on any atom is 0.331 e. The maximum absolute atomic E-state index is 11.9. The summed E-state index contributed by atoms with van der Waals surface area (Å²) in [5.41, 5.74) is 0. The van der Waals surface area contributed by atoms with Gasteiger partial charge in [0.25, 0.3) is 0 Å². The number of rotatable bonds is 4. The first-order chi connectivity index (χ1) is 13.2. The van der Waals surface area contributed by atoms with Crippen molar-refractivity contribution in [3.05, 3.63) is 24.3 Å². The lowest BCUT2D eigenvalue weighted by atomic mass is 10.1. The molecule has 0 bridgehead atoms. The standard InChI is InChI=1S/C20H24O8/c1-13(21)11-17-7-3-15(23)6-10-20(26)28-18(12-14(2)22)8-4-16(24)5-9-19(25)27-17/h5-6,9-10,17-18H,3-4,7-8,11-12H2,1-2H3/b9-5+,10-6?. The molecule has 1 aliphatic heterocycles. The van der Waals surface area contributed by atoms with E-state index in [1.807, 2.05) is 0 Å². The third-order valence-corrected chi connectivity index (χ3v) is 3.83. The van der Waals surface area contributed by atoms with Gasteiger partial charge in [0.05, 0.1) is 0 Å². The minimum absolute atomic E-state index is 0.0471. The Labute approximate surface area is 162 Å². The van der Waals surface area contributed by atoms with E-state index in [0.717, 1.165) is 24.3 Å². The lowest BCUT2D eigenvalue weighted by Crippen LogP contribution is -2.22. The zero-order chi connectivity index (χ0) is 21.1. The van der Waals surface area contributed by atoms with Gasteiger partial charge in [-0.2, -0.15) is 0 Å². The number of ketones is 4. The molecule has 0 radical (unpaired) electrons. The van der Waals surface area contributed by atoms with Gasteiger partial charge in [-0.1, -0.05) is 0 Å². The number of Topliss-reactive ketones (excluding diaryl/α,β-unsaturated/α-hetero) is 2. The van der Waals surface area contributed by atoms with Gasteiger partial charge >= 0.3 is 11.9 Å². The molecule has 0 fully saturated rings. The highest BCUT2D eigenvalue weighted by molar-refractivity contribution is 5.97. The van der Waals surface area contributed by atoms with Crippen LogP contribution in [0.1, 0.15) is 52.4 Å². The SMILES string of the molecule is CC(=O)CC1CCC(=O)/C=C/C(=O)OC(CC(C)=O)CCC(=O)C=CC(=O)O1. The number of allylic oxidation sites excluding steroid dienone is 2. The van der Waals surface area contributed by atoms with Crippen molar-refractivity contribution in [3.8, 4) is 0 Å². The third kappa shape index (κ3) is 10.3. The quantitative estimate of drug-likeness (QED) is 0.661. The second-order valence-corrected chi connectivity index (χ2v) is 6.61.